The topological polar surface area (TPSA) is 63.8 Å². The maximum absolute atomic E-state index is 5.72. The summed E-state index contributed by atoms with van der Waals surface area (Å²) in [6.07, 6.45) is 1.72. The number of nitrogens with zero attached hydrogens (tertiary/aromatic N) is 3. The first kappa shape index (κ1) is 12.0. The van der Waals surface area contributed by atoms with Crippen LogP contribution in [0.15, 0.2) is 46.5 Å². The van der Waals surface area contributed by atoms with Crippen LogP contribution in [0.25, 0.3) is 10.8 Å². The molecule has 1 N–H and O–H groups in total. The van der Waals surface area contributed by atoms with Gasteiger partial charge in [-0.15, -0.1) is 21.5 Å². The van der Waals surface area contributed by atoms with E-state index < -0.39 is 0 Å². The van der Waals surface area contributed by atoms with Crippen molar-refractivity contribution in [1.82, 2.24) is 20.5 Å². The van der Waals surface area contributed by atoms with Gasteiger partial charge < -0.3 is 9.73 Å². The molecule has 6 heteroatoms. The Labute approximate surface area is 114 Å². The molecule has 0 aliphatic carbocycles. The second-order valence-electron chi connectivity index (χ2n) is 3.94. The van der Waals surface area contributed by atoms with Crippen molar-refractivity contribution in [2.24, 2.45) is 0 Å². The SMILES string of the molecule is CNC(c1ccccc1)c1nnc(-c2cncs2)o1. The quantitative estimate of drug-likeness (QED) is 0.790. The normalized spacial score (nSPS) is 12.5. The lowest BCUT2D eigenvalue weighted by atomic mass is 10.1. The molecule has 0 radical (unpaired) electrons. The highest BCUT2D eigenvalue weighted by atomic mass is 32.1. The first-order valence-corrected chi connectivity index (χ1v) is 6.71. The summed E-state index contributed by atoms with van der Waals surface area (Å²) in [6.45, 7) is 0. The minimum atomic E-state index is -0.102. The Morgan fingerprint density at radius 1 is 1.21 bits per heavy atom. The van der Waals surface area contributed by atoms with E-state index in [1.54, 1.807) is 11.7 Å². The monoisotopic (exact) mass is 272 g/mol. The van der Waals surface area contributed by atoms with Crippen molar-refractivity contribution >= 4 is 11.3 Å². The molecule has 1 aromatic carbocycles. The zero-order chi connectivity index (χ0) is 13.1. The van der Waals surface area contributed by atoms with E-state index in [0.717, 1.165) is 10.4 Å². The van der Waals surface area contributed by atoms with Gasteiger partial charge in [0, 0.05) is 0 Å². The Bertz CT molecular complexity index is 636. The van der Waals surface area contributed by atoms with Crippen molar-refractivity contribution in [3.8, 4) is 10.8 Å². The van der Waals surface area contributed by atoms with Gasteiger partial charge in [-0.2, -0.15) is 0 Å². The number of hydrogen-bond donors (Lipinski definition) is 1. The molecular formula is C13H12N4OS. The van der Waals surface area contributed by atoms with E-state index in [1.807, 2.05) is 37.4 Å². The van der Waals surface area contributed by atoms with Gasteiger partial charge in [0.1, 0.15) is 10.9 Å². The van der Waals surface area contributed by atoms with E-state index in [9.17, 15) is 0 Å². The Kier molecular flexibility index (Phi) is 3.35. The summed E-state index contributed by atoms with van der Waals surface area (Å²) in [5.41, 5.74) is 2.83. The van der Waals surface area contributed by atoms with Crippen LogP contribution in [0, 0.1) is 0 Å². The van der Waals surface area contributed by atoms with Crippen LogP contribution in [0.2, 0.25) is 0 Å². The van der Waals surface area contributed by atoms with Gasteiger partial charge in [0.25, 0.3) is 5.89 Å². The first-order valence-electron chi connectivity index (χ1n) is 5.83. The van der Waals surface area contributed by atoms with E-state index >= 15 is 0 Å². The van der Waals surface area contributed by atoms with E-state index in [2.05, 4.69) is 20.5 Å². The Morgan fingerprint density at radius 2 is 2.05 bits per heavy atom. The molecule has 3 aromatic rings. The van der Waals surface area contributed by atoms with Gasteiger partial charge in [0.05, 0.1) is 11.7 Å². The van der Waals surface area contributed by atoms with Gasteiger partial charge in [-0.1, -0.05) is 30.3 Å². The Morgan fingerprint density at radius 3 is 2.74 bits per heavy atom. The minimum absolute atomic E-state index is 0.102. The molecule has 0 saturated heterocycles. The number of rotatable bonds is 4. The van der Waals surface area contributed by atoms with Gasteiger partial charge in [0.2, 0.25) is 5.89 Å². The van der Waals surface area contributed by atoms with Gasteiger partial charge in [-0.3, -0.25) is 4.98 Å². The average Bonchev–Trinajstić information content (AvgIpc) is 3.11. The van der Waals surface area contributed by atoms with E-state index in [-0.39, 0.29) is 6.04 Å². The van der Waals surface area contributed by atoms with E-state index in [4.69, 9.17) is 4.42 Å². The molecule has 0 aliphatic rings. The van der Waals surface area contributed by atoms with Crippen LogP contribution in [0.4, 0.5) is 0 Å². The van der Waals surface area contributed by atoms with Crippen molar-refractivity contribution in [2.75, 3.05) is 7.05 Å². The lowest BCUT2D eigenvalue weighted by Gasteiger charge is -2.11. The lowest BCUT2D eigenvalue weighted by molar-refractivity contribution is 0.456. The highest BCUT2D eigenvalue weighted by Crippen LogP contribution is 2.26. The second kappa shape index (κ2) is 5.29. The van der Waals surface area contributed by atoms with E-state index in [1.165, 1.54) is 11.3 Å². The van der Waals surface area contributed by atoms with Crippen LogP contribution in [-0.2, 0) is 0 Å². The first-order chi connectivity index (χ1) is 9.38. The molecule has 0 bridgehead atoms. The van der Waals surface area contributed by atoms with Crippen molar-refractivity contribution in [1.29, 1.82) is 0 Å². The molecule has 0 aliphatic heterocycles. The van der Waals surface area contributed by atoms with Crippen LogP contribution in [0.3, 0.4) is 0 Å². The molecule has 0 spiro atoms. The van der Waals surface area contributed by atoms with Crippen LogP contribution in [0.5, 0.6) is 0 Å². The third-order valence-electron chi connectivity index (χ3n) is 2.75. The standard InChI is InChI=1S/C13H12N4OS/c1-14-11(9-5-3-2-4-6-9)13-17-16-12(18-13)10-7-15-8-19-10/h2-8,11,14H,1H3. The molecule has 1 atom stereocenters. The molecule has 0 fully saturated rings. The molecule has 0 amide bonds. The molecule has 19 heavy (non-hydrogen) atoms. The molecule has 2 heterocycles. The molecule has 96 valence electrons. The van der Waals surface area contributed by atoms with Gasteiger partial charge in [-0.25, -0.2) is 0 Å². The second-order valence-corrected chi connectivity index (χ2v) is 4.83. The fourth-order valence-corrected chi connectivity index (χ4v) is 2.39. The average molecular weight is 272 g/mol. The van der Waals surface area contributed by atoms with Crippen molar-refractivity contribution < 1.29 is 4.42 Å². The summed E-state index contributed by atoms with van der Waals surface area (Å²) >= 11 is 1.48. The number of aromatic nitrogens is 3. The number of hydrogen-bond acceptors (Lipinski definition) is 6. The highest BCUT2D eigenvalue weighted by Gasteiger charge is 2.19. The Hall–Kier alpha value is -2.05. The lowest BCUT2D eigenvalue weighted by Crippen LogP contribution is -2.17. The minimum Gasteiger partial charge on any atom is -0.418 e. The number of benzene rings is 1. The fourth-order valence-electron chi connectivity index (χ4n) is 1.85. The van der Waals surface area contributed by atoms with Crippen LogP contribution in [0.1, 0.15) is 17.5 Å². The van der Waals surface area contributed by atoms with Crippen LogP contribution >= 0.6 is 11.3 Å². The maximum Gasteiger partial charge on any atom is 0.259 e. The van der Waals surface area contributed by atoms with Gasteiger partial charge >= 0.3 is 0 Å². The molecular weight excluding hydrogens is 260 g/mol. The van der Waals surface area contributed by atoms with Crippen molar-refractivity contribution in [2.45, 2.75) is 6.04 Å². The predicted octanol–water partition coefficient (Wildman–Crippen LogP) is 2.50. The number of nitrogens with one attached hydrogen (secondary N) is 1. The summed E-state index contributed by atoms with van der Waals surface area (Å²) in [4.78, 5) is 4.88. The molecule has 0 saturated carbocycles. The van der Waals surface area contributed by atoms with Crippen LogP contribution < -0.4 is 5.32 Å². The van der Waals surface area contributed by atoms with Crippen molar-refractivity contribution in [3.05, 3.63) is 53.5 Å². The zero-order valence-corrected chi connectivity index (χ0v) is 11.1. The predicted molar refractivity (Wildman–Crippen MR) is 72.8 cm³/mol. The van der Waals surface area contributed by atoms with Crippen molar-refractivity contribution in [3.63, 3.8) is 0 Å². The third kappa shape index (κ3) is 2.40. The molecule has 1 unspecified atom stereocenters. The van der Waals surface area contributed by atoms with Gasteiger partial charge in [-0.05, 0) is 12.6 Å². The largest absolute Gasteiger partial charge is 0.418 e. The molecule has 3 rings (SSSR count). The third-order valence-corrected chi connectivity index (χ3v) is 3.51. The number of thiazole rings is 1. The summed E-state index contributed by atoms with van der Waals surface area (Å²) in [5.74, 6) is 1.06. The summed E-state index contributed by atoms with van der Waals surface area (Å²) in [5, 5.41) is 11.4. The van der Waals surface area contributed by atoms with E-state index in [0.29, 0.717) is 11.8 Å². The fraction of sp³-hybridized carbons (Fsp3) is 0.154. The summed E-state index contributed by atoms with van der Waals surface area (Å²) in [6, 6.07) is 9.90. The smallest absolute Gasteiger partial charge is 0.259 e. The zero-order valence-electron chi connectivity index (χ0n) is 10.3. The molecule has 5 nitrogen and oxygen atoms in total. The Balaban J connectivity index is 1.93. The molecule has 2 aromatic heterocycles. The van der Waals surface area contributed by atoms with Gasteiger partial charge in [0.15, 0.2) is 0 Å². The summed E-state index contributed by atoms with van der Waals surface area (Å²) in [7, 11) is 1.87. The highest BCUT2D eigenvalue weighted by molar-refractivity contribution is 7.13. The summed E-state index contributed by atoms with van der Waals surface area (Å²) < 4.78 is 5.72. The van der Waals surface area contributed by atoms with Crippen LogP contribution in [-0.4, -0.2) is 22.2 Å². The maximum atomic E-state index is 5.72.